The number of nitrogens with two attached hydrogens (primary N) is 1. The third kappa shape index (κ3) is 10.6. The second-order valence-electron chi connectivity index (χ2n) is 18.1. The zero-order chi connectivity index (χ0) is 44.2. The highest BCUT2D eigenvalue weighted by molar-refractivity contribution is 5.84. The van der Waals surface area contributed by atoms with Gasteiger partial charge < -0.3 is 76.5 Å². The van der Waals surface area contributed by atoms with E-state index in [0.29, 0.717) is 35.8 Å². The molecule has 1 heterocycles. The molecule has 5 fully saturated rings. The van der Waals surface area contributed by atoms with Crippen molar-refractivity contribution in [2.45, 2.75) is 131 Å². The average Bonchev–Trinajstić information content (AvgIpc) is 3.49. The normalized spacial score (nSPS) is 31.9. The van der Waals surface area contributed by atoms with Crippen molar-refractivity contribution in [3.8, 4) is 6.07 Å². The Kier molecular flexibility index (Phi) is 15.5. The van der Waals surface area contributed by atoms with Crippen LogP contribution in [0.1, 0.15) is 56.1 Å². The zero-order valence-corrected chi connectivity index (χ0v) is 34.2. The first-order valence-electron chi connectivity index (χ1n) is 21.2. The highest BCUT2D eigenvalue weighted by Gasteiger charge is 2.62. The van der Waals surface area contributed by atoms with Gasteiger partial charge in [0.2, 0.25) is 5.91 Å². The second kappa shape index (κ2) is 20.0. The van der Waals surface area contributed by atoms with Gasteiger partial charge in [0.05, 0.1) is 55.8 Å². The first kappa shape index (κ1) is 47.2. The SMILES string of the molecule is N#C[C@@H]1C[C@@H]2C=C[C@@H]2N1C(=O)[C@@H](N)C12CC3CC(CC(OCCOC(=O)NCc4ccc(CN(C[C@H](O)[C@@H](O)[C@H](O)[C@H](O)CO)C[C@H](O)[C@@H](O)[C@H](O)[C@H](O)CO)cc4)(C3)C1)C2. The van der Waals surface area contributed by atoms with Crippen LogP contribution in [0, 0.1) is 34.5 Å². The number of aliphatic hydroxyl groups is 10. The molecule has 61 heavy (non-hydrogen) atoms. The van der Waals surface area contributed by atoms with Crippen molar-refractivity contribution >= 4 is 12.0 Å². The molecule has 0 radical (unpaired) electrons. The van der Waals surface area contributed by atoms with E-state index in [1.54, 1.807) is 29.2 Å². The van der Waals surface area contributed by atoms with E-state index in [4.69, 9.17) is 25.4 Å². The van der Waals surface area contributed by atoms with Gasteiger partial charge in [0, 0.05) is 32.1 Å². The fraction of sp³-hybridized carbons (Fsp3) is 0.738. The summed E-state index contributed by atoms with van der Waals surface area (Å²) in [7, 11) is 0. The van der Waals surface area contributed by atoms with Crippen LogP contribution in [0.2, 0.25) is 0 Å². The third-order valence-corrected chi connectivity index (χ3v) is 13.7. The van der Waals surface area contributed by atoms with Crippen LogP contribution in [0.4, 0.5) is 4.79 Å². The number of likely N-dealkylation sites (tertiary alicyclic amines) is 1. The molecule has 7 rings (SSSR count). The van der Waals surface area contributed by atoms with Crippen LogP contribution in [0.5, 0.6) is 0 Å². The third-order valence-electron chi connectivity index (χ3n) is 13.7. The maximum absolute atomic E-state index is 13.9. The van der Waals surface area contributed by atoms with Crippen LogP contribution in [-0.4, -0.2) is 185 Å². The minimum Gasteiger partial charge on any atom is -0.447 e. The molecule has 2 unspecified atom stereocenters. The lowest BCUT2D eigenvalue weighted by Gasteiger charge is -2.63. The van der Waals surface area contributed by atoms with Crippen molar-refractivity contribution < 1.29 is 70.1 Å². The number of nitrogens with one attached hydrogen (secondary N) is 1. The number of hydrogen-bond donors (Lipinski definition) is 12. The minimum absolute atomic E-state index is 0.00839. The number of fused-ring (bicyclic) bond motifs is 1. The molecule has 19 nitrogen and oxygen atoms in total. The summed E-state index contributed by atoms with van der Waals surface area (Å²) in [6.07, 6.45) is -5.32. The molecule has 4 bridgehead atoms. The highest BCUT2D eigenvalue weighted by atomic mass is 16.6. The molecule has 1 aromatic rings. The number of hydrogen-bond acceptors (Lipinski definition) is 17. The van der Waals surface area contributed by atoms with E-state index in [1.165, 1.54) is 4.90 Å². The molecule has 4 saturated carbocycles. The number of nitrogens with zero attached hydrogens (tertiary/aromatic N) is 3. The molecule has 5 aliphatic carbocycles. The zero-order valence-electron chi connectivity index (χ0n) is 34.2. The predicted molar refractivity (Wildman–Crippen MR) is 213 cm³/mol. The molecule has 13 N–H and O–H groups in total. The van der Waals surface area contributed by atoms with E-state index < -0.39 is 104 Å². The van der Waals surface area contributed by atoms with Crippen LogP contribution in [-0.2, 0) is 27.4 Å². The van der Waals surface area contributed by atoms with Gasteiger partial charge in [-0.1, -0.05) is 36.4 Å². The number of alkyl carbamates (subject to hydrolysis) is 1. The van der Waals surface area contributed by atoms with Crippen LogP contribution < -0.4 is 11.1 Å². The van der Waals surface area contributed by atoms with Crippen LogP contribution in [0.25, 0.3) is 0 Å². The summed E-state index contributed by atoms with van der Waals surface area (Å²) in [5.41, 5.74) is 7.31. The summed E-state index contributed by atoms with van der Waals surface area (Å²) in [4.78, 5) is 29.7. The fourth-order valence-electron chi connectivity index (χ4n) is 10.8. The van der Waals surface area contributed by atoms with E-state index >= 15 is 0 Å². The first-order valence-corrected chi connectivity index (χ1v) is 21.2. The molecule has 1 aliphatic heterocycles. The van der Waals surface area contributed by atoms with Gasteiger partial charge in [-0.2, -0.15) is 5.26 Å². The number of carbonyl (C=O) groups is 2. The van der Waals surface area contributed by atoms with Crippen molar-refractivity contribution in [1.29, 1.82) is 5.26 Å². The van der Waals surface area contributed by atoms with Crippen LogP contribution in [0.15, 0.2) is 36.4 Å². The van der Waals surface area contributed by atoms with E-state index in [2.05, 4.69) is 17.5 Å². The molecule has 14 atom stereocenters. The lowest BCUT2D eigenvalue weighted by molar-refractivity contribution is -0.203. The Bertz CT molecular complexity index is 1670. The summed E-state index contributed by atoms with van der Waals surface area (Å²) in [6, 6.07) is 7.85. The second-order valence-corrected chi connectivity index (χ2v) is 18.1. The molecule has 0 aromatic heterocycles. The van der Waals surface area contributed by atoms with Gasteiger partial charge in [-0.3, -0.25) is 9.69 Å². The lowest BCUT2D eigenvalue weighted by atomic mass is 9.46. The van der Waals surface area contributed by atoms with Gasteiger partial charge in [0.15, 0.2) is 0 Å². The first-order chi connectivity index (χ1) is 29.0. The Balaban J connectivity index is 0.976. The number of ether oxygens (including phenoxy) is 2. The predicted octanol–water partition coefficient (Wildman–Crippen LogP) is -3.05. The highest BCUT2D eigenvalue weighted by Crippen LogP contribution is 2.64. The van der Waals surface area contributed by atoms with E-state index in [9.17, 15) is 55.7 Å². The smallest absolute Gasteiger partial charge is 0.407 e. The molecular formula is C42H63N5O14. The van der Waals surface area contributed by atoms with Crippen molar-refractivity contribution in [3.63, 3.8) is 0 Å². The maximum atomic E-state index is 13.9. The Morgan fingerprint density at radius 1 is 0.820 bits per heavy atom. The number of aliphatic hydroxyl groups excluding tert-OH is 10. The summed E-state index contributed by atoms with van der Waals surface area (Å²) in [5, 5.41) is 112. The Labute approximate surface area is 354 Å². The number of carbonyl (C=O) groups excluding carboxylic acids is 2. The largest absolute Gasteiger partial charge is 0.447 e. The minimum atomic E-state index is -1.91. The summed E-state index contributed by atoms with van der Waals surface area (Å²) in [6.45, 7) is -2.32. The fourth-order valence-corrected chi connectivity index (χ4v) is 10.8. The monoisotopic (exact) mass is 861 g/mol. The average molecular weight is 862 g/mol. The van der Waals surface area contributed by atoms with Crippen molar-refractivity contribution in [1.82, 2.24) is 15.1 Å². The van der Waals surface area contributed by atoms with Crippen molar-refractivity contribution in [2.75, 3.05) is 39.5 Å². The van der Waals surface area contributed by atoms with Gasteiger partial charge in [-0.15, -0.1) is 0 Å². The topological polar surface area (TPSA) is 323 Å². The molecule has 19 heteroatoms. The molecule has 6 aliphatic rings. The Morgan fingerprint density at radius 3 is 1.90 bits per heavy atom. The maximum Gasteiger partial charge on any atom is 0.407 e. The van der Waals surface area contributed by atoms with Crippen molar-refractivity contribution in [3.05, 3.63) is 47.5 Å². The lowest BCUT2D eigenvalue weighted by Crippen LogP contribution is -2.65. The van der Waals surface area contributed by atoms with Crippen molar-refractivity contribution in [2.24, 2.45) is 28.9 Å². The van der Waals surface area contributed by atoms with E-state index in [1.807, 2.05) is 6.08 Å². The van der Waals surface area contributed by atoms with Gasteiger partial charge in [-0.05, 0) is 73.3 Å². The quantitative estimate of drug-likeness (QED) is 0.0407. The number of amides is 2. The van der Waals surface area contributed by atoms with Gasteiger partial charge in [0.25, 0.3) is 0 Å². The van der Waals surface area contributed by atoms with Gasteiger partial charge in [0.1, 0.15) is 49.3 Å². The van der Waals surface area contributed by atoms with Gasteiger partial charge in [-0.25, -0.2) is 4.79 Å². The summed E-state index contributed by atoms with van der Waals surface area (Å²) in [5.74, 6) is 0.844. The molecular weight excluding hydrogens is 798 g/mol. The summed E-state index contributed by atoms with van der Waals surface area (Å²) < 4.78 is 12.0. The van der Waals surface area contributed by atoms with Gasteiger partial charge >= 0.3 is 6.09 Å². The standard InChI is InChI=1S/C42H63N5O14/c43-15-28-10-27-5-6-29(27)47(28)39(58)38(44)41-11-25-9-26(12-41)14-42(13-25,22-41)61-8-7-60-40(59)45-16-23-1-3-24(4-2-23)17-46(18-30(50)34(54)36(56)32(52)20-48)19-31(51)35(55)37(57)33(53)21-49/h1-6,25-38,48-57H,7-14,16-22,44H2,(H,45,59)/t25?,26?,27-,28-,29-,30-,31-,32+,33+,34+,35+,36+,37+,38+,41?,42?/m0/s1. The van der Waals surface area contributed by atoms with Crippen LogP contribution >= 0.6 is 0 Å². The van der Waals surface area contributed by atoms with E-state index in [-0.39, 0.29) is 44.2 Å². The number of benzene rings is 1. The number of rotatable bonds is 22. The molecule has 2 amide bonds. The Hall–Kier alpha value is -3.33. The van der Waals surface area contributed by atoms with E-state index in [0.717, 1.165) is 32.1 Å². The molecule has 1 saturated heterocycles. The molecule has 0 spiro atoms. The summed E-state index contributed by atoms with van der Waals surface area (Å²) >= 11 is 0. The number of nitriles is 1. The molecule has 1 aromatic carbocycles. The Morgan fingerprint density at radius 2 is 1.38 bits per heavy atom. The molecule has 340 valence electrons. The van der Waals surface area contributed by atoms with Crippen LogP contribution in [0.3, 0.4) is 0 Å².